The number of hydrogen-bond acceptors (Lipinski definition) is 7. The Morgan fingerprint density at radius 1 is 1.23 bits per heavy atom. The smallest absolute Gasteiger partial charge is 0.213 e. The number of hydrogen-bond donors (Lipinski definition) is 2. The lowest BCUT2D eigenvalue weighted by molar-refractivity contribution is -0.168. The number of aromatic nitrogens is 1. The van der Waals surface area contributed by atoms with Crippen LogP contribution in [-0.2, 0) is 19.1 Å². The van der Waals surface area contributed by atoms with E-state index in [1.54, 1.807) is 6.07 Å². The molecular formula is C35H58FNO6. The molecule has 0 spiro atoms. The van der Waals surface area contributed by atoms with Crippen molar-refractivity contribution < 1.29 is 33.7 Å². The van der Waals surface area contributed by atoms with Crippen molar-refractivity contribution in [2.24, 2.45) is 22.7 Å². The topological polar surface area (TPSA) is 106 Å². The number of Topliss-reactive ketones (excluding diaryl/α,β-unsaturated/α-hetero) is 1. The molecule has 246 valence electrons. The number of aliphatic hydroxyl groups is 2. The predicted octanol–water partition coefficient (Wildman–Crippen LogP) is 7.57. The first kappa shape index (κ1) is 40.7. The molecule has 1 saturated carbocycles. The second kappa shape index (κ2) is 18.5. The zero-order chi connectivity index (χ0) is 33.6. The van der Waals surface area contributed by atoms with Gasteiger partial charge in [0, 0.05) is 29.8 Å². The summed E-state index contributed by atoms with van der Waals surface area (Å²) >= 11 is 0. The largest absolute Gasteiger partial charge is 0.396 e. The minimum absolute atomic E-state index is 0.0185. The van der Waals surface area contributed by atoms with Crippen molar-refractivity contribution in [1.29, 1.82) is 0 Å². The van der Waals surface area contributed by atoms with Gasteiger partial charge in [-0.3, -0.25) is 9.59 Å². The van der Waals surface area contributed by atoms with Crippen LogP contribution in [0.1, 0.15) is 113 Å². The molecule has 7 nitrogen and oxygen atoms in total. The van der Waals surface area contributed by atoms with Crippen molar-refractivity contribution in [3.8, 4) is 0 Å². The van der Waals surface area contributed by atoms with Crippen molar-refractivity contribution in [2.75, 3.05) is 13.2 Å². The maximum absolute atomic E-state index is 13.3. The number of carbonyl (C=O) groups excluding carboxylic acids is 2. The van der Waals surface area contributed by atoms with Gasteiger partial charge in [0.15, 0.2) is 23.5 Å². The molecule has 2 fully saturated rings. The number of halogens is 1. The number of fused-ring (bicyclic) bond motifs is 1. The first-order chi connectivity index (χ1) is 20.0. The number of ether oxygens (including phenoxy) is 2. The van der Waals surface area contributed by atoms with Crippen molar-refractivity contribution in [2.45, 2.75) is 119 Å². The molecule has 1 aromatic heterocycles. The third-order valence-electron chi connectivity index (χ3n) is 8.76. The number of aliphatic hydroxyl groups excluding tert-OH is 2. The van der Waals surface area contributed by atoms with E-state index in [9.17, 15) is 19.1 Å². The van der Waals surface area contributed by atoms with Crippen LogP contribution in [0.4, 0.5) is 4.39 Å². The first-order valence-corrected chi connectivity index (χ1v) is 15.5. The maximum Gasteiger partial charge on any atom is 0.213 e. The fraction of sp³-hybridized carbons (Fsp3) is 0.686. The highest BCUT2D eigenvalue weighted by molar-refractivity contribution is 5.91. The van der Waals surface area contributed by atoms with E-state index < -0.39 is 36.0 Å². The van der Waals surface area contributed by atoms with Crippen LogP contribution in [0.2, 0.25) is 0 Å². The first-order valence-electron chi connectivity index (χ1n) is 15.5. The van der Waals surface area contributed by atoms with Gasteiger partial charge in [-0.25, -0.2) is 4.98 Å². The van der Waals surface area contributed by atoms with Crippen molar-refractivity contribution in [3.05, 3.63) is 54.6 Å². The molecule has 6 atom stereocenters. The second-order valence-electron chi connectivity index (χ2n) is 12.6. The summed E-state index contributed by atoms with van der Waals surface area (Å²) in [4.78, 5) is 25.7. The minimum atomic E-state index is -1.17. The van der Waals surface area contributed by atoms with E-state index >= 15 is 0 Å². The second-order valence-corrected chi connectivity index (χ2v) is 12.6. The number of nitrogens with zero attached hydrogens (tertiary/aromatic N) is 1. The Bertz CT molecular complexity index is 1040. The molecule has 0 amide bonds. The van der Waals surface area contributed by atoms with E-state index in [0.29, 0.717) is 30.4 Å². The highest BCUT2D eigenvalue weighted by Crippen LogP contribution is 2.58. The highest BCUT2D eigenvalue weighted by Gasteiger charge is 2.67. The quantitative estimate of drug-likeness (QED) is 0.161. The van der Waals surface area contributed by atoms with E-state index in [-0.39, 0.29) is 17.0 Å². The van der Waals surface area contributed by atoms with Crippen LogP contribution in [0, 0.1) is 28.6 Å². The molecule has 1 aliphatic carbocycles. The number of pyridine rings is 1. The number of rotatable bonds is 10. The van der Waals surface area contributed by atoms with Crippen LogP contribution < -0.4 is 0 Å². The van der Waals surface area contributed by atoms with Crippen LogP contribution in [0.3, 0.4) is 0 Å². The zero-order valence-corrected chi connectivity index (χ0v) is 28.3. The third-order valence-corrected chi connectivity index (χ3v) is 8.76. The van der Waals surface area contributed by atoms with Crippen LogP contribution >= 0.6 is 0 Å². The minimum Gasteiger partial charge on any atom is -0.396 e. The van der Waals surface area contributed by atoms with Gasteiger partial charge in [-0.2, -0.15) is 4.39 Å². The summed E-state index contributed by atoms with van der Waals surface area (Å²) in [6.45, 7) is 27.4. The molecule has 2 aliphatic rings. The number of carbonyl (C=O) groups is 2. The summed E-state index contributed by atoms with van der Waals surface area (Å²) < 4.78 is 25.3. The Morgan fingerprint density at radius 3 is 2.26 bits per heavy atom. The van der Waals surface area contributed by atoms with E-state index in [1.165, 1.54) is 30.8 Å². The molecule has 0 aromatic carbocycles. The molecule has 0 radical (unpaired) electrons. The molecule has 1 aliphatic heterocycles. The molecule has 3 rings (SSSR count). The summed E-state index contributed by atoms with van der Waals surface area (Å²) in [6, 6.07) is 2.85. The van der Waals surface area contributed by atoms with Crippen molar-refractivity contribution in [3.63, 3.8) is 0 Å². The van der Waals surface area contributed by atoms with Gasteiger partial charge in [0.05, 0.1) is 6.10 Å². The predicted molar refractivity (Wildman–Crippen MR) is 171 cm³/mol. The van der Waals surface area contributed by atoms with E-state index in [1.807, 2.05) is 27.7 Å². The Hall–Kier alpha value is -2.26. The van der Waals surface area contributed by atoms with Gasteiger partial charge in [0.2, 0.25) is 5.95 Å². The normalized spacial score (nSPS) is 25.3. The summed E-state index contributed by atoms with van der Waals surface area (Å²) in [6.07, 6.45) is 5.80. The molecule has 1 saturated heterocycles. The molecule has 0 bridgehead atoms. The average molecular weight is 608 g/mol. The van der Waals surface area contributed by atoms with Gasteiger partial charge in [-0.05, 0) is 68.4 Å². The van der Waals surface area contributed by atoms with Gasteiger partial charge < -0.3 is 19.7 Å². The molecule has 1 aromatic rings. The molecule has 3 unspecified atom stereocenters. The maximum atomic E-state index is 13.3. The van der Waals surface area contributed by atoms with E-state index in [4.69, 9.17) is 14.6 Å². The van der Waals surface area contributed by atoms with Crippen LogP contribution in [0.25, 0.3) is 0 Å². The monoisotopic (exact) mass is 607 g/mol. The summed E-state index contributed by atoms with van der Waals surface area (Å²) in [5.74, 6) is 0.0193. The number of ketones is 2. The van der Waals surface area contributed by atoms with Crippen LogP contribution in [0.5, 0.6) is 0 Å². The van der Waals surface area contributed by atoms with Gasteiger partial charge in [-0.1, -0.05) is 81.0 Å². The zero-order valence-electron chi connectivity index (χ0n) is 28.3. The highest BCUT2D eigenvalue weighted by atomic mass is 19.1. The lowest BCUT2D eigenvalue weighted by Crippen LogP contribution is -2.55. The fourth-order valence-electron chi connectivity index (χ4n) is 5.05. The fourth-order valence-corrected chi connectivity index (χ4v) is 5.05. The average Bonchev–Trinajstić information content (AvgIpc) is 3.52. The third kappa shape index (κ3) is 11.0. The molecule has 2 heterocycles. The van der Waals surface area contributed by atoms with E-state index in [2.05, 4.69) is 52.8 Å². The Kier molecular flexibility index (Phi) is 17.6. The van der Waals surface area contributed by atoms with Gasteiger partial charge >= 0.3 is 0 Å². The molecule has 8 heteroatoms. The summed E-state index contributed by atoms with van der Waals surface area (Å²) in [5, 5.41) is 18.4. The Morgan fingerprint density at radius 2 is 1.81 bits per heavy atom. The van der Waals surface area contributed by atoms with Crippen LogP contribution in [0.15, 0.2) is 43.1 Å². The molecule has 2 N–H and O–H groups in total. The lowest BCUT2D eigenvalue weighted by Gasteiger charge is -2.39. The Balaban J connectivity index is 0.000000723. The van der Waals surface area contributed by atoms with E-state index in [0.717, 1.165) is 25.7 Å². The molecular weight excluding hydrogens is 549 g/mol. The van der Waals surface area contributed by atoms with Crippen molar-refractivity contribution >= 4 is 11.6 Å². The van der Waals surface area contributed by atoms with Gasteiger partial charge in [0.25, 0.3) is 0 Å². The lowest BCUT2D eigenvalue weighted by atomic mass is 9.71. The number of allylic oxidation sites excluding steroid dienone is 2. The van der Waals surface area contributed by atoms with Gasteiger partial charge in [0.1, 0.15) is 6.61 Å². The SMILES string of the molecule is C=C(CCC(C)[C@@H](C)CO)C(C)(C)C.C=CC(C)=O.CC.CCC1(C)CC[C@H]2OC(c3ccnc(F)c3)O[C@]21C(=O)CO. The van der Waals surface area contributed by atoms with Gasteiger partial charge in [-0.15, -0.1) is 0 Å². The van der Waals surface area contributed by atoms with Crippen LogP contribution in [-0.4, -0.2) is 51.7 Å². The standard InChI is InChI=1S/C16H20FNO4.C13H26O.C4H6O.C2H6/c1-3-15(2)6-4-12-16(15,11(20)9-19)22-14(21-12)10-5-7-18-13(17)8-10;1-10(11(2)9-14)7-8-12(3)13(4,5)6;1-3-4(2)5;1-2/h5,7-8,12,14,19H,3-4,6,9H2,1-2H3;10-11,14H,3,7-9H2,1-2,4-6H3;3H,1H2,2H3;1-2H3/t12-,14?,15?,16-;10?,11-;;/m10../s1. The summed E-state index contributed by atoms with van der Waals surface area (Å²) in [5.41, 5.74) is 0.459. The Labute approximate surface area is 260 Å². The molecule has 43 heavy (non-hydrogen) atoms. The van der Waals surface area contributed by atoms with Crippen molar-refractivity contribution in [1.82, 2.24) is 4.98 Å². The summed E-state index contributed by atoms with van der Waals surface area (Å²) in [7, 11) is 0.